The van der Waals surface area contributed by atoms with Gasteiger partial charge in [0.05, 0.1) is 22.4 Å². The summed E-state index contributed by atoms with van der Waals surface area (Å²) < 4.78 is 11.2. The maximum absolute atomic E-state index is 6.16. The molecule has 3 nitrogen and oxygen atoms in total. The highest BCUT2D eigenvalue weighted by Crippen LogP contribution is 2.44. The summed E-state index contributed by atoms with van der Waals surface area (Å²) in [7, 11) is 0. The van der Waals surface area contributed by atoms with Gasteiger partial charge in [0.15, 0.2) is 0 Å². The van der Waals surface area contributed by atoms with E-state index in [2.05, 4.69) is 156 Å². The molecule has 0 saturated carbocycles. The largest absolute Gasteiger partial charge is 0.456 e. The van der Waals surface area contributed by atoms with Crippen LogP contribution in [0.15, 0.2) is 174 Å². The van der Waals surface area contributed by atoms with Gasteiger partial charge >= 0.3 is 0 Å². The predicted octanol–water partition coefficient (Wildman–Crippen LogP) is 13.4. The number of aromatic nitrogens is 2. The third kappa shape index (κ3) is 4.40. The topological polar surface area (TPSA) is 31.0 Å². The summed E-state index contributed by atoms with van der Waals surface area (Å²) in [6.45, 7) is 0. The predicted molar refractivity (Wildman–Crippen MR) is 215 cm³/mol. The van der Waals surface area contributed by atoms with E-state index in [4.69, 9.17) is 9.40 Å². The molecule has 11 rings (SSSR count). The van der Waals surface area contributed by atoms with Crippen LogP contribution in [0.2, 0.25) is 0 Å². The third-order valence-corrected chi connectivity index (χ3v) is 11.3. The van der Waals surface area contributed by atoms with Gasteiger partial charge in [-0.25, -0.2) is 4.98 Å². The van der Waals surface area contributed by atoms with Crippen LogP contribution in [0, 0.1) is 0 Å². The zero-order chi connectivity index (χ0) is 33.5. The Bertz CT molecular complexity index is 3150. The lowest BCUT2D eigenvalue weighted by atomic mass is 9.98. The minimum Gasteiger partial charge on any atom is -0.456 e. The molecule has 0 N–H and O–H groups in total. The van der Waals surface area contributed by atoms with E-state index in [0.717, 1.165) is 61.3 Å². The first kappa shape index (κ1) is 28.4. The van der Waals surface area contributed by atoms with E-state index >= 15 is 0 Å². The van der Waals surface area contributed by atoms with E-state index < -0.39 is 0 Å². The molecule has 0 aliphatic carbocycles. The van der Waals surface area contributed by atoms with E-state index in [1.165, 1.54) is 42.0 Å². The third-order valence-electron chi connectivity index (χ3n) is 10.2. The number of para-hydroxylation sites is 2. The molecule has 0 amide bonds. The lowest BCUT2D eigenvalue weighted by molar-refractivity contribution is 0.669. The van der Waals surface area contributed by atoms with E-state index in [1.807, 2.05) is 29.5 Å². The van der Waals surface area contributed by atoms with Gasteiger partial charge in [-0.2, -0.15) is 0 Å². The van der Waals surface area contributed by atoms with Crippen molar-refractivity contribution in [1.29, 1.82) is 0 Å². The van der Waals surface area contributed by atoms with Gasteiger partial charge in [-0.3, -0.25) is 0 Å². The van der Waals surface area contributed by atoms with Gasteiger partial charge in [0.1, 0.15) is 11.2 Å². The summed E-state index contributed by atoms with van der Waals surface area (Å²) >= 11 is 1.87. The second-order valence-electron chi connectivity index (χ2n) is 13.1. The van der Waals surface area contributed by atoms with Crippen molar-refractivity contribution in [3.8, 4) is 39.3 Å². The normalized spacial score (nSPS) is 11.9. The van der Waals surface area contributed by atoms with Crippen LogP contribution < -0.4 is 0 Å². The van der Waals surface area contributed by atoms with Crippen LogP contribution in [0.4, 0.5) is 0 Å². The van der Waals surface area contributed by atoms with E-state index in [-0.39, 0.29) is 0 Å². The molecule has 0 atom stereocenters. The molecule has 4 heteroatoms. The van der Waals surface area contributed by atoms with Crippen LogP contribution in [-0.2, 0) is 0 Å². The zero-order valence-electron chi connectivity index (χ0n) is 27.4. The molecule has 11 aromatic rings. The molecule has 0 aliphatic rings. The maximum atomic E-state index is 6.16. The van der Waals surface area contributed by atoms with Gasteiger partial charge in [0.25, 0.3) is 0 Å². The van der Waals surface area contributed by atoms with E-state index in [1.54, 1.807) is 0 Å². The standard InChI is InChI=1S/C47H28N2OS/c1-2-11-29(12-3-1)38-27-32(30-21-23-43-37(26-30)34-15-5-8-19-42(34)50-43)28-39(48-38)31-13-10-14-33(25-31)49-40-18-7-4-16-35(40)46-41(49)22-24-45-47(46)36-17-6-9-20-44(36)51-45/h1-28H. The molecule has 0 fully saturated rings. The second kappa shape index (κ2) is 11.0. The maximum Gasteiger partial charge on any atom is 0.135 e. The number of benzene rings is 7. The van der Waals surface area contributed by atoms with Crippen LogP contribution in [0.25, 0.3) is 103 Å². The number of rotatable bonds is 4. The van der Waals surface area contributed by atoms with Crippen LogP contribution in [0.5, 0.6) is 0 Å². The second-order valence-corrected chi connectivity index (χ2v) is 14.2. The average molecular weight is 669 g/mol. The molecule has 0 aliphatic heterocycles. The first-order chi connectivity index (χ1) is 25.3. The highest BCUT2D eigenvalue weighted by atomic mass is 32.1. The quantitative estimate of drug-likeness (QED) is 0.187. The lowest BCUT2D eigenvalue weighted by Crippen LogP contribution is -1.96. The Kier molecular flexibility index (Phi) is 6.12. The van der Waals surface area contributed by atoms with Gasteiger partial charge in [-0.1, -0.05) is 103 Å². The fourth-order valence-electron chi connectivity index (χ4n) is 7.86. The lowest BCUT2D eigenvalue weighted by Gasteiger charge is -2.13. The Labute approximate surface area is 297 Å². The molecule has 4 aromatic heterocycles. The van der Waals surface area contributed by atoms with Gasteiger partial charge in [0, 0.05) is 58.5 Å². The Hall–Kier alpha value is -6.49. The molecule has 4 heterocycles. The summed E-state index contributed by atoms with van der Waals surface area (Å²) in [6, 6.07) is 60.6. The van der Waals surface area contributed by atoms with Gasteiger partial charge in [0.2, 0.25) is 0 Å². The number of nitrogens with zero attached hydrogens (tertiary/aromatic N) is 2. The first-order valence-corrected chi connectivity index (χ1v) is 18.0. The molecule has 0 spiro atoms. The summed E-state index contributed by atoms with van der Waals surface area (Å²) in [5, 5.41) is 7.46. The van der Waals surface area contributed by atoms with Crippen LogP contribution in [-0.4, -0.2) is 9.55 Å². The van der Waals surface area contributed by atoms with Crippen molar-refractivity contribution in [2.45, 2.75) is 0 Å². The Morgan fingerprint density at radius 1 is 0.412 bits per heavy atom. The number of fused-ring (bicyclic) bond motifs is 10. The van der Waals surface area contributed by atoms with Crippen molar-refractivity contribution >= 4 is 75.3 Å². The smallest absolute Gasteiger partial charge is 0.135 e. The Morgan fingerprint density at radius 2 is 1.14 bits per heavy atom. The molecule has 0 bridgehead atoms. The summed E-state index contributed by atoms with van der Waals surface area (Å²) in [5.74, 6) is 0. The highest BCUT2D eigenvalue weighted by molar-refractivity contribution is 7.26. The van der Waals surface area contributed by atoms with Gasteiger partial charge in [-0.05, 0) is 77.9 Å². The molecule has 238 valence electrons. The van der Waals surface area contributed by atoms with Crippen LogP contribution in [0.3, 0.4) is 0 Å². The number of furan rings is 1. The number of thiophene rings is 1. The Balaban J connectivity index is 1.12. The molecular formula is C47H28N2OS. The Morgan fingerprint density at radius 3 is 2.04 bits per heavy atom. The average Bonchev–Trinajstić information content (AvgIpc) is 3.87. The van der Waals surface area contributed by atoms with E-state index in [9.17, 15) is 0 Å². The SMILES string of the molecule is c1ccc(-c2cc(-c3ccc4oc5ccccc5c4c3)cc(-c3cccc(-n4c5ccccc5c5c6c(ccc54)sc4ccccc46)c3)n2)cc1. The van der Waals surface area contributed by atoms with Crippen molar-refractivity contribution in [1.82, 2.24) is 9.55 Å². The number of hydrogen-bond acceptors (Lipinski definition) is 3. The van der Waals surface area contributed by atoms with Crippen molar-refractivity contribution in [2.75, 3.05) is 0 Å². The molecule has 0 unspecified atom stereocenters. The molecule has 0 saturated heterocycles. The minimum absolute atomic E-state index is 0.893. The number of pyridine rings is 1. The summed E-state index contributed by atoms with van der Waals surface area (Å²) in [6.07, 6.45) is 0. The fraction of sp³-hybridized carbons (Fsp3) is 0. The number of hydrogen-bond donors (Lipinski definition) is 0. The molecular weight excluding hydrogens is 641 g/mol. The van der Waals surface area contributed by atoms with Crippen molar-refractivity contribution in [3.05, 3.63) is 170 Å². The minimum atomic E-state index is 0.893. The highest BCUT2D eigenvalue weighted by Gasteiger charge is 2.18. The summed E-state index contributed by atoms with van der Waals surface area (Å²) in [4.78, 5) is 5.29. The molecule has 51 heavy (non-hydrogen) atoms. The fourth-order valence-corrected chi connectivity index (χ4v) is 8.98. The molecule has 0 radical (unpaired) electrons. The molecule has 7 aromatic carbocycles. The van der Waals surface area contributed by atoms with Crippen molar-refractivity contribution < 1.29 is 4.42 Å². The monoisotopic (exact) mass is 668 g/mol. The summed E-state index contributed by atoms with van der Waals surface area (Å²) in [5.41, 5.74) is 11.6. The van der Waals surface area contributed by atoms with Crippen LogP contribution in [0.1, 0.15) is 0 Å². The van der Waals surface area contributed by atoms with Crippen LogP contribution >= 0.6 is 11.3 Å². The van der Waals surface area contributed by atoms with Crippen molar-refractivity contribution in [3.63, 3.8) is 0 Å². The van der Waals surface area contributed by atoms with Gasteiger partial charge < -0.3 is 8.98 Å². The van der Waals surface area contributed by atoms with E-state index in [0.29, 0.717) is 0 Å². The zero-order valence-corrected chi connectivity index (χ0v) is 28.2. The first-order valence-electron chi connectivity index (χ1n) is 17.2. The van der Waals surface area contributed by atoms with Gasteiger partial charge in [-0.15, -0.1) is 11.3 Å². The van der Waals surface area contributed by atoms with Crippen molar-refractivity contribution in [2.24, 2.45) is 0 Å².